The third kappa shape index (κ3) is 4.92. The molecule has 1 amide bonds. The highest BCUT2D eigenvalue weighted by atomic mass is 32.1. The van der Waals surface area contributed by atoms with Crippen molar-refractivity contribution in [1.82, 2.24) is 4.37 Å². The maximum atomic E-state index is 12.7. The van der Waals surface area contributed by atoms with E-state index in [1.54, 1.807) is 0 Å². The minimum atomic E-state index is -0.718. The first-order chi connectivity index (χ1) is 18.4. The summed E-state index contributed by atoms with van der Waals surface area (Å²) in [5, 5.41) is 2.89. The number of carbonyl (C=O) groups is 2. The van der Waals surface area contributed by atoms with Crippen molar-refractivity contribution >= 4 is 29.3 Å². The molecule has 8 heteroatoms. The van der Waals surface area contributed by atoms with E-state index in [4.69, 9.17) is 14.2 Å². The average molecular weight is 529 g/mol. The predicted molar refractivity (Wildman–Crippen MR) is 147 cm³/mol. The number of rotatable bonds is 7. The number of ether oxygens (including phenoxy) is 3. The second-order valence-corrected chi connectivity index (χ2v) is 10.0. The Labute approximate surface area is 225 Å². The quantitative estimate of drug-likeness (QED) is 0.274. The Morgan fingerprint density at radius 1 is 0.947 bits per heavy atom. The molecule has 7 nitrogen and oxygen atoms in total. The molecule has 5 rings (SSSR count). The summed E-state index contributed by atoms with van der Waals surface area (Å²) >= 11 is 1.33. The van der Waals surface area contributed by atoms with Crippen LogP contribution in [0.2, 0.25) is 0 Å². The van der Waals surface area contributed by atoms with E-state index in [2.05, 4.69) is 9.69 Å². The molecular formula is C30H28N2O5S. The van der Waals surface area contributed by atoms with Gasteiger partial charge in [0.25, 0.3) is 0 Å². The van der Waals surface area contributed by atoms with Crippen LogP contribution in [0.1, 0.15) is 29.8 Å². The Balaban J connectivity index is 1.30. The lowest BCUT2D eigenvalue weighted by molar-refractivity contribution is -0.166. The van der Waals surface area contributed by atoms with Crippen molar-refractivity contribution in [2.75, 3.05) is 25.6 Å². The number of aryl methyl sites for hydroxylation is 1. The average Bonchev–Trinajstić information content (AvgIpc) is 3.28. The van der Waals surface area contributed by atoms with Crippen LogP contribution >= 0.6 is 11.5 Å². The van der Waals surface area contributed by atoms with E-state index in [-0.39, 0.29) is 12.1 Å². The van der Waals surface area contributed by atoms with E-state index in [0.717, 1.165) is 38.4 Å². The molecule has 38 heavy (non-hydrogen) atoms. The lowest BCUT2D eigenvalue weighted by Crippen LogP contribution is -2.53. The topological polar surface area (TPSA) is 86.8 Å². The van der Waals surface area contributed by atoms with Crippen LogP contribution in [-0.2, 0) is 24.4 Å². The van der Waals surface area contributed by atoms with Gasteiger partial charge in [0.2, 0.25) is 0 Å². The molecule has 1 aromatic heterocycles. The van der Waals surface area contributed by atoms with Crippen LogP contribution in [0, 0.1) is 6.92 Å². The monoisotopic (exact) mass is 528 g/mol. The first-order valence-electron chi connectivity index (χ1n) is 12.3. The van der Waals surface area contributed by atoms with Crippen molar-refractivity contribution in [3.05, 3.63) is 95.7 Å². The van der Waals surface area contributed by atoms with E-state index in [1.807, 2.05) is 92.7 Å². The molecule has 194 valence electrons. The van der Waals surface area contributed by atoms with Gasteiger partial charge in [-0.25, -0.2) is 4.79 Å². The summed E-state index contributed by atoms with van der Waals surface area (Å²) < 4.78 is 20.4. The zero-order chi connectivity index (χ0) is 26.7. The summed E-state index contributed by atoms with van der Waals surface area (Å²) in [5.74, 6) is -0.275. The molecule has 1 saturated heterocycles. The van der Waals surface area contributed by atoms with Gasteiger partial charge in [0.05, 0.1) is 36.6 Å². The molecule has 1 N–H and O–H groups in total. The Morgan fingerprint density at radius 3 is 2.13 bits per heavy atom. The summed E-state index contributed by atoms with van der Waals surface area (Å²) in [4.78, 5) is 25.8. The zero-order valence-corrected chi connectivity index (χ0v) is 22.2. The van der Waals surface area contributed by atoms with Crippen molar-refractivity contribution in [3.63, 3.8) is 0 Å². The standard InChI is InChI=1S/C30H28N2O5S/c1-19-26(31-29(34)37-20(2)21-7-5-4-6-8-21)27(38-32-19)24-11-9-22(10-12-24)23-13-15-25(16-14-23)30(17-36-18-30)28(33)35-3/h4-16,20H,17-18H2,1-3H3,(H,31,34)/t20-/m1/s1. The number of esters is 1. The predicted octanol–water partition coefficient (Wildman–Crippen LogP) is 6.54. The number of nitrogens with zero attached hydrogens (tertiary/aromatic N) is 1. The lowest BCUT2D eigenvalue weighted by atomic mass is 9.78. The highest BCUT2D eigenvalue weighted by molar-refractivity contribution is 7.10. The van der Waals surface area contributed by atoms with Crippen LogP contribution in [-0.4, -0.2) is 36.8 Å². The fourth-order valence-electron chi connectivity index (χ4n) is 4.50. The Morgan fingerprint density at radius 2 is 1.55 bits per heavy atom. The molecule has 2 heterocycles. The lowest BCUT2D eigenvalue weighted by Gasteiger charge is -2.38. The number of amides is 1. The van der Waals surface area contributed by atoms with Crippen LogP contribution in [0.5, 0.6) is 0 Å². The summed E-state index contributed by atoms with van der Waals surface area (Å²) in [6, 6.07) is 25.6. The second-order valence-electron chi connectivity index (χ2n) is 9.28. The zero-order valence-electron chi connectivity index (χ0n) is 21.4. The van der Waals surface area contributed by atoms with Crippen molar-refractivity contribution in [2.24, 2.45) is 0 Å². The smallest absolute Gasteiger partial charge is 0.412 e. The fraction of sp³-hybridized carbons (Fsp3) is 0.233. The number of anilines is 1. The van der Waals surface area contributed by atoms with Gasteiger partial charge < -0.3 is 14.2 Å². The number of benzene rings is 3. The molecule has 0 aliphatic carbocycles. The number of carbonyl (C=O) groups excluding carboxylic acids is 2. The minimum Gasteiger partial charge on any atom is -0.468 e. The van der Waals surface area contributed by atoms with Crippen molar-refractivity contribution in [2.45, 2.75) is 25.4 Å². The molecule has 3 aromatic carbocycles. The summed E-state index contributed by atoms with van der Waals surface area (Å²) in [6.45, 7) is 4.36. The van der Waals surface area contributed by atoms with Crippen LogP contribution in [0.25, 0.3) is 21.6 Å². The SMILES string of the molecule is COC(=O)C1(c2ccc(-c3ccc(-c4snc(C)c4NC(=O)O[C@H](C)c4ccccc4)cc3)cc2)COC1. The summed E-state index contributed by atoms with van der Waals surface area (Å²) in [7, 11) is 1.40. The van der Waals surface area contributed by atoms with Crippen LogP contribution in [0.3, 0.4) is 0 Å². The van der Waals surface area contributed by atoms with E-state index in [9.17, 15) is 9.59 Å². The van der Waals surface area contributed by atoms with Gasteiger partial charge in [0.1, 0.15) is 11.5 Å². The van der Waals surface area contributed by atoms with Crippen LogP contribution in [0.4, 0.5) is 10.5 Å². The van der Waals surface area contributed by atoms with Crippen molar-refractivity contribution < 1.29 is 23.8 Å². The number of nitrogens with one attached hydrogen (secondary N) is 1. The maximum absolute atomic E-state index is 12.7. The van der Waals surface area contributed by atoms with Gasteiger partial charge in [0.15, 0.2) is 0 Å². The molecule has 0 bridgehead atoms. The highest BCUT2D eigenvalue weighted by Gasteiger charge is 2.48. The summed E-state index contributed by atoms with van der Waals surface area (Å²) in [5.41, 5.74) is 5.47. The normalized spacial score (nSPS) is 14.7. The van der Waals surface area contributed by atoms with E-state index in [0.29, 0.717) is 18.9 Å². The first kappa shape index (κ1) is 25.6. The van der Waals surface area contributed by atoms with Gasteiger partial charge in [-0.1, -0.05) is 78.9 Å². The van der Waals surface area contributed by atoms with Gasteiger partial charge in [-0.15, -0.1) is 0 Å². The molecular weight excluding hydrogens is 500 g/mol. The van der Waals surface area contributed by atoms with Gasteiger partial charge in [0, 0.05) is 0 Å². The number of aromatic nitrogens is 1. The van der Waals surface area contributed by atoms with Gasteiger partial charge in [-0.3, -0.25) is 10.1 Å². The number of methoxy groups -OCH3 is 1. The van der Waals surface area contributed by atoms with Gasteiger partial charge >= 0.3 is 12.1 Å². The van der Waals surface area contributed by atoms with Crippen molar-refractivity contribution in [1.29, 1.82) is 0 Å². The first-order valence-corrected chi connectivity index (χ1v) is 13.0. The van der Waals surface area contributed by atoms with E-state index < -0.39 is 11.5 Å². The molecule has 1 fully saturated rings. The molecule has 0 unspecified atom stereocenters. The second kappa shape index (κ2) is 10.8. The Kier molecular flexibility index (Phi) is 7.26. The van der Waals surface area contributed by atoms with Gasteiger partial charge in [-0.05, 0) is 53.2 Å². The molecule has 1 aliphatic heterocycles. The minimum absolute atomic E-state index is 0.275. The van der Waals surface area contributed by atoms with Gasteiger partial charge in [-0.2, -0.15) is 4.37 Å². The molecule has 0 spiro atoms. The largest absolute Gasteiger partial charge is 0.468 e. The molecule has 0 radical (unpaired) electrons. The molecule has 1 aliphatic rings. The van der Waals surface area contributed by atoms with E-state index in [1.165, 1.54) is 18.6 Å². The Bertz CT molecular complexity index is 1430. The van der Waals surface area contributed by atoms with Crippen LogP contribution in [0.15, 0.2) is 78.9 Å². The van der Waals surface area contributed by atoms with E-state index >= 15 is 0 Å². The fourth-order valence-corrected chi connectivity index (χ4v) is 5.35. The molecule has 1 atom stereocenters. The molecule has 0 saturated carbocycles. The molecule has 4 aromatic rings. The highest BCUT2D eigenvalue weighted by Crippen LogP contribution is 2.37. The number of hydrogen-bond acceptors (Lipinski definition) is 7. The Hall–Kier alpha value is -4.01. The van der Waals surface area contributed by atoms with Crippen LogP contribution < -0.4 is 5.32 Å². The number of hydrogen-bond donors (Lipinski definition) is 1. The third-order valence-electron chi connectivity index (χ3n) is 6.83. The maximum Gasteiger partial charge on any atom is 0.412 e. The third-order valence-corrected chi connectivity index (χ3v) is 7.82. The van der Waals surface area contributed by atoms with Crippen molar-refractivity contribution in [3.8, 4) is 21.6 Å². The summed E-state index contributed by atoms with van der Waals surface area (Å²) in [6.07, 6.45) is -0.902.